The number of H-pyrrole nitrogens is 1. The zero-order valence-corrected chi connectivity index (χ0v) is 13.8. The van der Waals surface area contributed by atoms with Crippen molar-refractivity contribution in [3.63, 3.8) is 0 Å². The molecule has 118 valence electrons. The third-order valence-corrected chi connectivity index (χ3v) is 4.35. The van der Waals surface area contributed by atoms with Gasteiger partial charge in [-0.25, -0.2) is 0 Å². The number of hydrogen-bond donors (Lipinski definition) is 2. The fourth-order valence-corrected chi connectivity index (χ4v) is 2.76. The van der Waals surface area contributed by atoms with Crippen molar-refractivity contribution in [2.45, 2.75) is 12.5 Å². The molecule has 0 bridgehead atoms. The number of amides is 1. The minimum atomic E-state index is -0.551. The largest absolute Gasteiger partial charge is 0.381 e. The molecule has 1 aromatic heterocycles. The van der Waals surface area contributed by atoms with Crippen LogP contribution >= 0.6 is 15.9 Å². The first kappa shape index (κ1) is 15.7. The third-order valence-electron chi connectivity index (χ3n) is 3.82. The normalized spacial score (nSPS) is 18.3. The number of aromatic nitrogens is 2. The molecule has 2 atom stereocenters. The molecule has 1 aliphatic rings. The Balaban J connectivity index is 1.70. The molecule has 1 saturated heterocycles. The van der Waals surface area contributed by atoms with Gasteiger partial charge in [-0.3, -0.25) is 9.89 Å². The van der Waals surface area contributed by atoms with E-state index in [9.17, 15) is 10.1 Å². The molecule has 2 N–H and O–H groups in total. The number of carbonyl (C=O) groups is 1. The molecule has 2 aromatic rings. The summed E-state index contributed by atoms with van der Waals surface area (Å²) < 4.78 is 6.25. The number of halogens is 1. The molecule has 2 heterocycles. The summed E-state index contributed by atoms with van der Waals surface area (Å²) >= 11 is 3.38. The average molecular weight is 375 g/mol. The molecule has 0 spiro atoms. The van der Waals surface area contributed by atoms with Gasteiger partial charge in [-0.05, 0) is 24.6 Å². The second-order valence-corrected chi connectivity index (χ2v) is 6.29. The van der Waals surface area contributed by atoms with Gasteiger partial charge in [0.25, 0.3) is 5.91 Å². The van der Waals surface area contributed by atoms with E-state index in [4.69, 9.17) is 4.74 Å². The number of benzene rings is 1. The molecule has 2 unspecified atom stereocenters. The van der Waals surface area contributed by atoms with Gasteiger partial charge in [0.2, 0.25) is 0 Å². The van der Waals surface area contributed by atoms with Gasteiger partial charge in [0.1, 0.15) is 11.7 Å². The van der Waals surface area contributed by atoms with Gasteiger partial charge < -0.3 is 10.1 Å². The molecule has 23 heavy (non-hydrogen) atoms. The molecule has 1 amide bonds. The summed E-state index contributed by atoms with van der Waals surface area (Å²) in [4.78, 5) is 12.3. The summed E-state index contributed by atoms with van der Waals surface area (Å²) in [6, 6.07) is 10.9. The summed E-state index contributed by atoms with van der Waals surface area (Å²) in [6.07, 6.45) is 0.783. The predicted octanol–water partition coefficient (Wildman–Crippen LogP) is 2.50. The van der Waals surface area contributed by atoms with Crippen LogP contribution in [-0.4, -0.2) is 35.4 Å². The van der Waals surface area contributed by atoms with Gasteiger partial charge in [0.15, 0.2) is 0 Å². The quantitative estimate of drug-likeness (QED) is 0.859. The van der Waals surface area contributed by atoms with Crippen LogP contribution in [0.5, 0.6) is 0 Å². The van der Waals surface area contributed by atoms with E-state index in [1.165, 1.54) is 0 Å². The van der Waals surface area contributed by atoms with E-state index in [1.807, 2.05) is 24.3 Å². The highest BCUT2D eigenvalue weighted by molar-refractivity contribution is 9.10. The maximum absolute atomic E-state index is 12.3. The van der Waals surface area contributed by atoms with Crippen LogP contribution in [0.25, 0.3) is 11.3 Å². The van der Waals surface area contributed by atoms with Crippen LogP contribution in [-0.2, 0) is 4.74 Å². The van der Waals surface area contributed by atoms with Crippen molar-refractivity contribution in [3.8, 4) is 17.3 Å². The van der Waals surface area contributed by atoms with Crippen molar-refractivity contribution in [3.05, 3.63) is 40.5 Å². The Morgan fingerprint density at radius 2 is 2.26 bits per heavy atom. The van der Waals surface area contributed by atoms with Crippen molar-refractivity contribution >= 4 is 21.8 Å². The average Bonchev–Trinajstić information content (AvgIpc) is 3.24. The van der Waals surface area contributed by atoms with Crippen LogP contribution in [0, 0.1) is 17.2 Å². The Hall–Kier alpha value is -2.17. The van der Waals surface area contributed by atoms with Crippen molar-refractivity contribution < 1.29 is 9.53 Å². The van der Waals surface area contributed by atoms with Gasteiger partial charge in [-0.2, -0.15) is 10.4 Å². The number of carbonyl (C=O) groups excluding carboxylic acids is 1. The number of hydrogen-bond acceptors (Lipinski definition) is 4. The lowest BCUT2D eigenvalue weighted by atomic mass is 10.0. The number of rotatable bonds is 4. The fourth-order valence-electron chi connectivity index (χ4n) is 2.50. The summed E-state index contributed by atoms with van der Waals surface area (Å²) in [7, 11) is 0. The van der Waals surface area contributed by atoms with Crippen LogP contribution in [0.3, 0.4) is 0 Å². The zero-order chi connectivity index (χ0) is 16.2. The van der Waals surface area contributed by atoms with Gasteiger partial charge >= 0.3 is 0 Å². The number of ether oxygens (including phenoxy) is 1. The van der Waals surface area contributed by atoms with Crippen LogP contribution < -0.4 is 5.32 Å². The molecule has 1 aliphatic heterocycles. The van der Waals surface area contributed by atoms with Crippen molar-refractivity contribution in [2.24, 2.45) is 5.92 Å². The van der Waals surface area contributed by atoms with E-state index in [2.05, 4.69) is 37.5 Å². The molecule has 0 radical (unpaired) electrons. The third kappa shape index (κ3) is 3.60. The standard InChI is InChI=1S/C16H15BrN4O2/c17-12-3-1-10(2-4-12)13-7-14(21-20-13)16(22)19-15(8-18)11-5-6-23-9-11/h1-4,7,11,15H,5-6,9H2,(H,19,22)(H,20,21). The summed E-state index contributed by atoms with van der Waals surface area (Å²) in [5, 5.41) is 18.9. The van der Waals surface area contributed by atoms with Crippen LogP contribution in [0.4, 0.5) is 0 Å². The number of nitriles is 1. The minimum absolute atomic E-state index is 0.0396. The highest BCUT2D eigenvalue weighted by Crippen LogP contribution is 2.21. The second kappa shape index (κ2) is 6.94. The van der Waals surface area contributed by atoms with Crippen molar-refractivity contribution in [1.82, 2.24) is 15.5 Å². The summed E-state index contributed by atoms with van der Waals surface area (Å²) in [6.45, 7) is 1.14. The molecule has 7 heteroatoms. The van der Waals surface area contributed by atoms with Gasteiger partial charge in [-0.1, -0.05) is 28.1 Å². The summed E-state index contributed by atoms with van der Waals surface area (Å²) in [5.74, 6) is -0.294. The topological polar surface area (TPSA) is 90.8 Å². The van der Waals surface area contributed by atoms with Crippen LogP contribution in [0.1, 0.15) is 16.9 Å². The molecule has 1 fully saturated rings. The van der Waals surface area contributed by atoms with E-state index in [0.717, 1.165) is 16.5 Å². The van der Waals surface area contributed by atoms with Crippen LogP contribution in [0.2, 0.25) is 0 Å². The lowest BCUT2D eigenvalue weighted by Gasteiger charge is -2.15. The summed E-state index contributed by atoms with van der Waals surface area (Å²) in [5.41, 5.74) is 1.92. The molecular formula is C16H15BrN4O2. The molecule has 1 aromatic carbocycles. The first-order chi connectivity index (χ1) is 11.2. The molecule has 0 saturated carbocycles. The Morgan fingerprint density at radius 3 is 2.91 bits per heavy atom. The lowest BCUT2D eigenvalue weighted by Crippen LogP contribution is -2.39. The molecule has 0 aliphatic carbocycles. The zero-order valence-electron chi connectivity index (χ0n) is 12.3. The number of nitrogens with zero attached hydrogens (tertiary/aromatic N) is 2. The first-order valence-electron chi connectivity index (χ1n) is 7.27. The van der Waals surface area contributed by atoms with Crippen molar-refractivity contribution in [1.29, 1.82) is 5.26 Å². The first-order valence-corrected chi connectivity index (χ1v) is 8.06. The highest BCUT2D eigenvalue weighted by atomic mass is 79.9. The molecule has 3 rings (SSSR count). The molecule has 6 nitrogen and oxygen atoms in total. The van der Waals surface area contributed by atoms with Gasteiger partial charge in [-0.15, -0.1) is 0 Å². The van der Waals surface area contributed by atoms with E-state index >= 15 is 0 Å². The van der Waals surface area contributed by atoms with E-state index in [-0.39, 0.29) is 11.8 Å². The van der Waals surface area contributed by atoms with E-state index in [0.29, 0.717) is 24.6 Å². The minimum Gasteiger partial charge on any atom is -0.381 e. The maximum Gasteiger partial charge on any atom is 0.270 e. The van der Waals surface area contributed by atoms with Crippen LogP contribution in [0.15, 0.2) is 34.8 Å². The number of aromatic amines is 1. The smallest absolute Gasteiger partial charge is 0.270 e. The van der Waals surface area contributed by atoms with Gasteiger partial charge in [0, 0.05) is 22.6 Å². The molecular weight excluding hydrogens is 360 g/mol. The van der Waals surface area contributed by atoms with E-state index < -0.39 is 6.04 Å². The maximum atomic E-state index is 12.3. The van der Waals surface area contributed by atoms with Gasteiger partial charge in [0.05, 0.1) is 18.4 Å². The number of nitrogens with one attached hydrogen (secondary N) is 2. The highest BCUT2D eigenvalue weighted by Gasteiger charge is 2.27. The lowest BCUT2D eigenvalue weighted by molar-refractivity contribution is 0.0926. The predicted molar refractivity (Wildman–Crippen MR) is 87.5 cm³/mol. The Labute approximate surface area is 142 Å². The Bertz CT molecular complexity index is 729. The fraction of sp³-hybridized carbons (Fsp3) is 0.312. The monoisotopic (exact) mass is 374 g/mol. The SMILES string of the molecule is N#CC(NC(=O)c1cc(-c2ccc(Br)cc2)n[nH]1)C1CCOC1. The Morgan fingerprint density at radius 1 is 1.48 bits per heavy atom. The second-order valence-electron chi connectivity index (χ2n) is 5.38. The van der Waals surface area contributed by atoms with Crippen molar-refractivity contribution in [2.75, 3.05) is 13.2 Å². The van der Waals surface area contributed by atoms with E-state index in [1.54, 1.807) is 6.07 Å². The Kier molecular flexibility index (Phi) is 4.74.